The first-order valence-electron chi connectivity index (χ1n) is 7.20. The molecule has 0 aliphatic rings. The molecule has 1 N–H and O–H groups in total. The Morgan fingerprint density at radius 2 is 1.87 bits per heavy atom. The molecule has 0 heterocycles. The van der Waals surface area contributed by atoms with Crippen LogP contribution in [0, 0.1) is 10.1 Å². The highest BCUT2D eigenvalue weighted by atomic mass is 16.6. The van der Waals surface area contributed by atoms with Gasteiger partial charge in [-0.1, -0.05) is 36.4 Å². The van der Waals surface area contributed by atoms with Crippen LogP contribution in [0.15, 0.2) is 54.6 Å². The van der Waals surface area contributed by atoms with Crippen molar-refractivity contribution in [2.75, 3.05) is 7.05 Å². The Labute approximate surface area is 134 Å². The monoisotopic (exact) mass is 314 g/mol. The van der Waals surface area contributed by atoms with Crippen molar-refractivity contribution in [3.05, 3.63) is 75.8 Å². The van der Waals surface area contributed by atoms with E-state index in [2.05, 4.69) is 5.32 Å². The second kappa shape index (κ2) is 7.51. The minimum absolute atomic E-state index is 0.111. The number of ether oxygens (including phenoxy) is 1. The second-order valence-electron chi connectivity index (χ2n) is 5.12. The van der Waals surface area contributed by atoms with E-state index in [9.17, 15) is 14.9 Å². The Morgan fingerprint density at radius 1 is 1.17 bits per heavy atom. The molecule has 0 aromatic heterocycles. The highest BCUT2D eigenvalue weighted by Gasteiger charge is 2.23. The molecule has 0 spiro atoms. The van der Waals surface area contributed by atoms with Crippen molar-refractivity contribution < 1.29 is 14.5 Å². The van der Waals surface area contributed by atoms with Crippen molar-refractivity contribution in [1.29, 1.82) is 0 Å². The van der Waals surface area contributed by atoms with Crippen LogP contribution in [0.2, 0.25) is 0 Å². The largest absolute Gasteiger partial charge is 0.452 e. The Bertz CT molecular complexity index is 688. The van der Waals surface area contributed by atoms with Crippen molar-refractivity contribution in [1.82, 2.24) is 5.32 Å². The van der Waals surface area contributed by atoms with E-state index in [0.717, 1.165) is 5.56 Å². The molecule has 2 atom stereocenters. The van der Waals surface area contributed by atoms with Gasteiger partial charge >= 0.3 is 5.97 Å². The summed E-state index contributed by atoms with van der Waals surface area (Å²) in [4.78, 5) is 22.6. The van der Waals surface area contributed by atoms with Crippen LogP contribution >= 0.6 is 0 Å². The number of hydrogen-bond donors (Lipinski definition) is 1. The first kappa shape index (κ1) is 16.6. The van der Waals surface area contributed by atoms with E-state index >= 15 is 0 Å². The molecule has 120 valence electrons. The number of nitrogens with one attached hydrogen (secondary N) is 1. The maximum Gasteiger partial charge on any atom is 0.339 e. The van der Waals surface area contributed by atoms with Crippen LogP contribution in [0.5, 0.6) is 0 Å². The number of esters is 1. The molecule has 0 aliphatic heterocycles. The van der Waals surface area contributed by atoms with E-state index in [4.69, 9.17) is 4.74 Å². The van der Waals surface area contributed by atoms with Crippen LogP contribution in [-0.4, -0.2) is 24.0 Å². The number of carbonyl (C=O) groups excluding carboxylic acids is 1. The first-order chi connectivity index (χ1) is 11.0. The molecule has 0 fully saturated rings. The van der Waals surface area contributed by atoms with Gasteiger partial charge in [0.1, 0.15) is 6.10 Å². The van der Waals surface area contributed by atoms with Gasteiger partial charge in [0.25, 0.3) is 5.69 Å². The molecule has 0 saturated heterocycles. The van der Waals surface area contributed by atoms with Crippen LogP contribution in [0.4, 0.5) is 5.69 Å². The van der Waals surface area contributed by atoms with E-state index in [1.165, 1.54) is 24.3 Å². The van der Waals surface area contributed by atoms with Gasteiger partial charge in [0.05, 0.1) is 10.5 Å². The molecule has 2 aromatic carbocycles. The summed E-state index contributed by atoms with van der Waals surface area (Å²) < 4.78 is 5.59. The van der Waals surface area contributed by atoms with Gasteiger partial charge in [-0.2, -0.15) is 0 Å². The lowest BCUT2D eigenvalue weighted by Crippen LogP contribution is -2.32. The quantitative estimate of drug-likeness (QED) is 0.503. The summed E-state index contributed by atoms with van der Waals surface area (Å²) >= 11 is 0. The summed E-state index contributed by atoms with van der Waals surface area (Å²) in [6, 6.07) is 14.8. The van der Waals surface area contributed by atoms with Gasteiger partial charge in [-0.15, -0.1) is 0 Å². The number of carbonyl (C=O) groups is 1. The fourth-order valence-electron chi connectivity index (χ4n) is 2.18. The molecule has 2 rings (SSSR count). The molecule has 0 saturated carbocycles. The SMILES string of the molecule is CN[C@H](C)[C@H](OC(=O)c1cccc([N+](=O)[O-])c1)c1ccccc1. The maximum absolute atomic E-state index is 12.4. The summed E-state index contributed by atoms with van der Waals surface area (Å²) in [6.07, 6.45) is -0.493. The maximum atomic E-state index is 12.4. The Morgan fingerprint density at radius 3 is 2.48 bits per heavy atom. The van der Waals surface area contributed by atoms with Crippen LogP contribution in [0.1, 0.15) is 28.9 Å². The average molecular weight is 314 g/mol. The van der Waals surface area contributed by atoms with Gasteiger partial charge in [0.2, 0.25) is 0 Å². The van der Waals surface area contributed by atoms with Crippen LogP contribution in [0.25, 0.3) is 0 Å². The molecule has 2 aromatic rings. The lowest BCUT2D eigenvalue weighted by atomic mass is 10.0. The van der Waals surface area contributed by atoms with Gasteiger partial charge in [0.15, 0.2) is 0 Å². The number of nitro groups is 1. The summed E-state index contributed by atoms with van der Waals surface area (Å²) in [6.45, 7) is 1.90. The summed E-state index contributed by atoms with van der Waals surface area (Å²) in [5.74, 6) is -0.593. The predicted octanol–water partition coefficient (Wildman–Crippen LogP) is 3.10. The van der Waals surface area contributed by atoms with Crippen molar-refractivity contribution in [3.63, 3.8) is 0 Å². The molecule has 23 heavy (non-hydrogen) atoms. The third kappa shape index (κ3) is 4.14. The number of likely N-dealkylation sites (N-methyl/N-ethyl adjacent to an activating group) is 1. The molecule has 6 nitrogen and oxygen atoms in total. The van der Waals surface area contributed by atoms with Crippen molar-refractivity contribution in [3.8, 4) is 0 Å². The third-order valence-electron chi connectivity index (χ3n) is 3.56. The number of nitro benzene ring substituents is 1. The van der Waals surface area contributed by atoms with E-state index in [1.807, 2.05) is 37.3 Å². The van der Waals surface area contributed by atoms with E-state index in [1.54, 1.807) is 7.05 Å². The van der Waals surface area contributed by atoms with E-state index in [0.29, 0.717) is 0 Å². The van der Waals surface area contributed by atoms with Crippen molar-refractivity contribution in [2.24, 2.45) is 0 Å². The van der Waals surface area contributed by atoms with Gasteiger partial charge in [-0.3, -0.25) is 10.1 Å². The number of hydrogen-bond acceptors (Lipinski definition) is 5. The summed E-state index contributed by atoms with van der Waals surface area (Å²) in [5, 5.41) is 13.9. The number of nitrogens with zero attached hydrogens (tertiary/aromatic N) is 1. The zero-order valence-corrected chi connectivity index (χ0v) is 12.9. The lowest BCUT2D eigenvalue weighted by molar-refractivity contribution is -0.384. The van der Waals surface area contributed by atoms with Crippen LogP contribution in [0.3, 0.4) is 0 Å². The standard InChI is InChI=1S/C17H18N2O4/c1-12(18-2)16(13-7-4-3-5-8-13)23-17(20)14-9-6-10-15(11-14)19(21)22/h3-12,16,18H,1-2H3/t12-,16+/m1/s1. The molecular formula is C17H18N2O4. The van der Waals surface area contributed by atoms with Gasteiger partial charge in [0, 0.05) is 18.2 Å². The van der Waals surface area contributed by atoms with E-state index < -0.39 is 17.0 Å². The fraction of sp³-hybridized carbons (Fsp3) is 0.235. The molecule has 0 amide bonds. The molecule has 0 bridgehead atoms. The van der Waals surface area contributed by atoms with Gasteiger partial charge in [-0.25, -0.2) is 4.79 Å². The molecule has 0 radical (unpaired) electrons. The predicted molar refractivity (Wildman–Crippen MR) is 86.2 cm³/mol. The van der Waals surface area contributed by atoms with Crippen LogP contribution in [-0.2, 0) is 4.74 Å². The van der Waals surface area contributed by atoms with Gasteiger partial charge in [-0.05, 0) is 25.6 Å². The molecular weight excluding hydrogens is 296 g/mol. The van der Waals surface area contributed by atoms with E-state index in [-0.39, 0.29) is 17.3 Å². The van der Waals surface area contributed by atoms with Crippen molar-refractivity contribution >= 4 is 11.7 Å². The van der Waals surface area contributed by atoms with Crippen molar-refractivity contribution in [2.45, 2.75) is 19.1 Å². The highest BCUT2D eigenvalue weighted by Crippen LogP contribution is 2.23. The number of non-ortho nitro benzene ring substituents is 1. The highest BCUT2D eigenvalue weighted by molar-refractivity contribution is 5.90. The first-order valence-corrected chi connectivity index (χ1v) is 7.20. The minimum Gasteiger partial charge on any atom is -0.452 e. The minimum atomic E-state index is -0.593. The normalized spacial score (nSPS) is 13.1. The van der Waals surface area contributed by atoms with Crippen LogP contribution < -0.4 is 5.32 Å². The lowest BCUT2D eigenvalue weighted by Gasteiger charge is -2.24. The smallest absolute Gasteiger partial charge is 0.339 e. The fourth-order valence-corrected chi connectivity index (χ4v) is 2.18. The Kier molecular flexibility index (Phi) is 5.43. The topological polar surface area (TPSA) is 81.5 Å². The zero-order chi connectivity index (χ0) is 16.8. The Balaban J connectivity index is 2.24. The molecule has 6 heteroatoms. The van der Waals surface area contributed by atoms with Gasteiger partial charge < -0.3 is 10.1 Å². The average Bonchev–Trinajstić information content (AvgIpc) is 2.59. The number of benzene rings is 2. The Hall–Kier alpha value is -2.73. The zero-order valence-electron chi connectivity index (χ0n) is 12.9. The summed E-state index contributed by atoms with van der Waals surface area (Å²) in [5.41, 5.74) is 0.869. The number of rotatable bonds is 6. The molecule has 0 aliphatic carbocycles. The molecule has 0 unspecified atom stereocenters. The summed E-state index contributed by atoms with van der Waals surface area (Å²) in [7, 11) is 1.78. The second-order valence-corrected chi connectivity index (χ2v) is 5.12. The third-order valence-corrected chi connectivity index (χ3v) is 3.56.